The number of likely N-dealkylation sites (N-methyl/N-ethyl adjacent to an activating group) is 1. The number of nitrogens with one attached hydrogen (secondary N) is 1. The summed E-state index contributed by atoms with van der Waals surface area (Å²) >= 11 is 0. The van der Waals surface area contributed by atoms with Crippen molar-refractivity contribution in [2.24, 2.45) is 0 Å². The molecule has 2 aromatic rings. The van der Waals surface area contributed by atoms with Crippen LogP contribution in [-0.4, -0.2) is 24.5 Å². The van der Waals surface area contributed by atoms with Crippen LogP contribution in [0.15, 0.2) is 47.1 Å². The quantitative estimate of drug-likeness (QED) is 0.910. The molecule has 0 saturated heterocycles. The Kier molecular flexibility index (Phi) is 3.67. The first kappa shape index (κ1) is 12.5. The summed E-state index contributed by atoms with van der Waals surface area (Å²) in [5.41, 5.74) is 2.92. The molecule has 1 atom stereocenters. The van der Waals surface area contributed by atoms with Gasteiger partial charge in [0.05, 0.1) is 12.8 Å². The van der Waals surface area contributed by atoms with E-state index in [-0.39, 0.29) is 0 Å². The lowest BCUT2D eigenvalue weighted by Gasteiger charge is -2.29. The van der Waals surface area contributed by atoms with E-state index in [0.717, 1.165) is 31.8 Å². The van der Waals surface area contributed by atoms with Crippen LogP contribution in [0, 0.1) is 0 Å². The standard InChI is InChI=1S/C16H20N2O/c1-18(12-16-7-4-8-19-16)11-15-9-13-5-2-3-6-14(13)10-17-15/h2-8,15,17H,9-12H2,1H3. The monoisotopic (exact) mass is 256 g/mol. The number of furan rings is 1. The first-order valence-corrected chi connectivity index (χ1v) is 6.82. The minimum Gasteiger partial charge on any atom is -0.468 e. The van der Waals surface area contributed by atoms with Crippen molar-refractivity contribution in [3.05, 3.63) is 59.5 Å². The smallest absolute Gasteiger partial charge is 0.117 e. The molecule has 3 heteroatoms. The summed E-state index contributed by atoms with van der Waals surface area (Å²) in [6.07, 6.45) is 2.84. The lowest BCUT2D eigenvalue weighted by molar-refractivity contribution is 0.254. The average molecular weight is 256 g/mol. The van der Waals surface area contributed by atoms with Gasteiger partial charge < -0.3 is 9.73 Å². The molecule has 0 aliphatic carbocycles. The summed E-state index contributed by atoms with van der Waals surface area (Å²) in [7, 11) is 2.14. The van der Waals surface area contributed by atoms with Gasteiger partial charge in [-0.2, -0.15) is 0 Å². The van der Waals surface area contributed by atoms with Crippen molar-refractivity contribution in [3.8, 4) is 0 Å². The lowest BCUT2D eigenvalue weighted by atomic mass is 9.96. The third-order valence-electron chi connectivity index (χ3n) is 3.70. The average Bonchev–Trinajstić information content (AvgIpc) is 2.91. The molecule has 3 rings (SSSR count). The van der Waals surface area contributed by atoms with Crippen molar-refractivity contribution in [2.45, 2.75) is 25.6 Å². The van der Waals surface area contributed by atoms with Crippen molar-refractivity contribution >= 4 is 0 Å². The molecule has 1 N–H and O–H groups in total. The maximum absolute atomic E-state index is 5.39. The fourth-order valence-corrected chi connectivity index (χ4v) is 2.76. The highest BCUT2D eigenvalue weighted by Crippen LogP contribution is 2.17. The zero-order chi connectivity index (χ0) is 13.1. The van der Waals surface area contributed by atoms with Gasteiger partial charge in [-0.1, -0.05) is 24.3 Å². The third-order valence-corrected chi connectivity index (χ3v) is 3.70. The van der Waals surface area contributed by atoms with E-state index in [1.807, 2.05) is 12.1 Å². The van der Waals surface area contributed by atoms with Gasteiger partial charge in [0.15, 0.2) is 0 Å². The first-order valence-electron chi connectivity index (χ1n) is 6.82. The molecule has 0 amide bonds. The number of rotatable bonds is 4. The maximum Gasteiger partial charge on any atom is 0.117 e. The minimum atomic E-state index is 0.523. The normalized spacial score (nSPS) is 18.5. The molecule has 0 saturated carbocycles. The molecule has 2 heterocycles. The van der Waals surface area contributed by atoms with Crippen LogP contribution in [0.4, 0.5) is 0 Å². The van der Waals surface area contributed by atoms with Crippen LogP contribution in [0.25, 0.3) is 0 Å². The van der Waals surface area contributed by atoms with E-state index in [2.05, 4.69) is 41.5 Å². The molecule has 1 aromatic heterocycles. The Morgan fingerprint density at radius 3 is 2.84 bits per heavy atom. The summed E-state index contributed by atoms with van der Waals surface area (Å²) in [6.45, 7) is 2.89. The number of nitrogens with zero attached hydrogens (tertiary/aromatic N) is 1. The van der Waals surface area contributed by atoms with Crippen LogP contribution >= 0.6 is 0 Å². The number of hydrogen-bond acceptors (Lipinski definition) is 3. The van der Waals surface area contributed by atoms with Crippen LogP contribution in [0.5, 0.6) is 0 Å². The number of fused-ring (bicyclic) bond motifs is 1. The second-order valence-electron chi connectivity index (χ2n) is 5.33. The van der Waals surface area contributed by atoms with Crippen LogP contribution in [-0.2, 0) is 19.5 Å². The van der Waals surface area contributed by atoms with Crippen molar-refractivity contribution < 1.29 is 4.42 Å². The molecule has 1 aliphatic heterocycles. The largest absolute Gasteiger partial charge is 0.468 e. The molecule has 1 aliphatic rings. The first-order chi connectivity index (χ1) is 9.31. The summed E-state index contributed by atoms with van der Waals surface area (Å²) in [4.78, 5) is 2.31. The fourth-order valence-electron chi connectivity index (χ4n) is 2.76. The molecule has 0 bridgehead atoms. The van der Waals surface area contributed by atoms with Crippen molar-refractivity contribution in [1.29, 1.82) is 0 Å². The molecule has 1 unspecified atom stereocenters. The fraction of sp³-hybridized carbons (Fsp3) is 0.375. The lowest BCUT2D eigenvalue weighted by Crippen LogP contribution is -2.43. The molecule has 0 radical (unpaired) electrons. The van der Waals surface area contributed by atoms with E-state index in [0.29, 0.717) is 6.04 Å². The molecule has 3 nitrogen and oxygen atoms in total. The van der Waals surface area contributed by atoms with E-state index >= 15 is 0 Å². The van der Waals surface area contributed by atoms with Gasteiger partial charge in [0.25, 0.3) is 0 Å². The van der Waals surface area contributed by atoms with Gasteiger partial charge in [0.2, 0.25) is 0 Å². The van der Waals surface area contributed by atoms with Crippen LogP contribution < -0.4 is 5.32 Å². The summed E-state index contributed by atoms with van der Waals surface area (Å²) < 4.78 is 5.39. The highest BCUT2D eigenvalue weighted by Gasteiger charge is 2.18. The Morgan fingerprint density at radius 2 is 2.05 bits per heavy atom. The molecule has 19 heavy (non-hydrogen) atoms. The van der Waals surface area contributed by atoms with E-state index in [1.165, 1.54) is 11.1 Å². The predicted octanol–water partition coefficient (Wildman–Crippen LogP) is 2.43. The zero-order valence-corrected chi connectivity index (χ0v) is 11.3. The van der Waals surface area contributed by atoms with Crippen molar-refractivity contribution in [2.75, 3.05) is 13.6 Å². The summed E-state index contributed by atoms with van der Waals surface area (Å²) in [5.74, 6) is 1.03. The highest BCUT2D eigenvalue weighted by molar-refractivity contribution is 5.29. The number of hydrogen-bond donors (Lipinski definition) is 1. The summed E-state index contributed by atoms with van der Waals surface area (Å²) in [6, 6.07) is 13.2. The Bertz CT molecular complexity index is 521. The van der Waals surface area contributed by atoms with Crippen molar-refractivity contribution in [3.63, 3.8) is 0 Å². The molecule has 100 valence electrons. The van der Waals surface area contributed by atoms with Crippen molar-refractivity contribution in [1.82, 2.24) is 10.2 Å². The van der Waals surface area contributed by atoms with Gasteiger partial charge in [0.1, 0.15) is 5.76 Å². The Labute approximate surface area is 114 Å². The van der Waals surface area contributed by atoms with E-state index in [1.54, 1.807) is 6.26 Å². The van der Waals surface area contributed by atoms with Gasteiger partial charge in [-0.15, -0.1) is 0 Å². The van der Waals surface area contributed by atoms with E-state index < -0.39 is 0 Å². The van der Waals surface area contributed by atoms with Gasteiger partial charge >= 0.3 is 0 Å². The SMILES string of the molecule is CN(Cc1ccco1)CC1Cc2ccccc2CN1. The maximum atomic E-state index is 5.39. The molecule has 1 aromatic carbocycles. The van der Waals surface area contributed by atoms with Gasteiger partial charge in [0, 0.05) is 19.1 Å². The zero-order valence-electron chi connectivity index (χ0n) is 11.3. The Morgan fingerprint density at radius 1 is 1.21 bits per heavy atom. The van der Waals surface area contributed by atoms with Gasteiger partial charge in [-0.25, -0.2) is 0 Å². The molecule has 0 spiro atoms. The van der Waals surface area contributed by atoms with E-state index in [9.17, 15) is 0 Å². The third kappa shape index (κ3) is 3.06. The second kappa shape index (κ2) is 5.59. The molecular formula is C16H20N2O. The number of benzene rings is 1. The Hall–Kier alpha value is -1.58. The van der Waals surface area contributed by atoms with Crippen LogP contribution in [0.3, 0.4) is 0 Å². The van der Waals surface area contributed by atoms with Crippen LogP contribution in [0.1, 0.15) is 16.9 Å². The van der Waals surface area contributed by atoms with Crippen LogP contribution in [0.2, 0.25) is 0 Å². The topological polar surface area (TPSA) is 28.4 Å². The highest BCUT2D eigenvalue weighted by atomic mass is 16.3. The predicted molar refractivity (Wildman–Crippen MR) is 75.8 cm³/mol. The molecule has 0 fully saturated rings. The van der Waals surface area contributed by atoms with Gasteiger partial charge in [-0.3, -0.25) is 4.90 Å². The molecular weight excluding hydrogens is 236 g/mol. The summed E-state index contributed by atoms with van der Waals surface area (Å²) in [5, 5.41) is 3.61. The van der Waals surface area contributed by atoms with Gasteiger partial charge in [-0.05, 0) is 36.7 Å². The second-order valence-corrected chi connectivity index (χ2v) is 5.33. The minimum absolute atomic E-state index is 0.523. The van der Waals surface area contributed by atoms with E-state index in [4.69, 9.17) is 4.42 Å². The Balaban J connectivity index is 1.57.